The van der Waals surface area contributed by atoms with E-state index in [1.165, 1.54) is 25.7 Å². The lowest BCUT2D eigenvalue weighted by molar-refractivity contribution is 0.0985. The maximum atomic E-state index is 10.5. The molecule has 18 heavy (non-hydrogen) atoms. The number of benzene rings is 1. The van der Waals surface area contributed by atoms with Gasteiger partial charge in [-0.05, 0) is 36.5 Å². The number of hydrogen-bond donors (Lipinski definition) is 1. The van der Waals surface area contributed by atoms with Crippen molar-refractivity contribution in [3.63, 3.8) is 0 Å². The van der Waals surface area contributed by atoms with Gasteiger partial charge in [0, 0.05) is 0 Å². The Balaban J connectivity index is 1.76. The minimum absolute atomic E-state index is 0.290. The Bertz CT molecular complexity index is 408. The lowest BCUT2D eigenvalue weighted by Gasteiger charge is -2.21. The van der Waals surface area contributed by atoms with Crippen LogP contribution in [0.5, 0.6) is 11.5 Å². The monoisotopic (exact) mass is 248 g/mol. The number of ether oxygens (including phenoxy) is 2. The highest BCUT2D eigenvalue weighted by atomic mass is 16.7. The van der Waals surface area contributed by atoms with E-state index in [0.717, 1.165) is 29.9 Å². The average Bonchev–Trinajstić information content (AvgIpc) is 2.69. The fraction of sp³-hybridized carbons (Fsp3) is 0.600. The predicted octanol–water partition coefficient (Wildman–Crippen LogP) is 3.42. The third-order valence-electron chi connectivity index (χ3n) is 4.08. The van der Waals surface area contributed by atoms with Gasteiger partial charge in [0.25, 0.3) is 0 Å². The third kappa shape index (κ3) is 2.32. The fourth-order valence-corrected chi connectivity index (χ4v) is 3.00. The van der Waals surface area contributed by atoms with Crippen molar-refractivity contribution in [3.8, 4) is 11.5 Å². The van der Waals surface area contributed by atoms with Crippen LogP contribution in [0.4, 0.5) is 0 Å². The van der Waals surface area contributed by atoms with Crippen LogP contribution in [0, 0.1) is 5.92 Å². The van der Waals surface area contributed by atoms with Gasteiger partial charge in [0.2, 0.25) is 6.79 Å². The topological polar surface area (TPSA) is 38.7 Å². The van der Waals surface area contributed by atoms with Gasteiger partial charge in [0.1, 0.15) is 0 Å². The molecular formula is C15H20O3. The van der Waals surface area contributed by atoms with Crippen molar-refractivity contribution >= 4 is 0 Å². The average molecular weight is 248 g/mol. The van der Waals surface area contributed by atoms with E-state index >= 15 is 0 Å². The van der Waals surface area contributed by atoms with Crippen molar-refractivity contribution in [3.05, 3.63) is 23.8 Å². The van der Waals surface area contributed by atoms with Crippen molar-refractivity contribution in [2.45, 2.75) is 44.6 Å². The van der Waals surface area contributed by atoms with E-state index in [-0.39, 0.29) is 12.9 Å². The lowest BCUT2D eigenvalue weighted by Crippen LogP contribution is -2.11. The first-order valence-electron chi connectivity index (χ1n) is 6.92. The Hall–Kier alpha value is -1.22. The smallest absolute Gasteiger partial charge is 0.231 e. The second kappa shape index (κ2) is 5.19. The van der Waals surface area contributed by atoms with Crippen molar-refractivity contribution in [1.82, 2.24) is 0 Å². The molecule has 1 aromatic rings. The van der Waals surface area contributed by atoms with Crippen LogP contribution in [0.15, 0.2) is 18.2 Å². The van der Waals surface area contributed by atoms with Crippen LogP contribution in [0.2, 0.25) is 0 Å². The number of hydrogen-bond acceptors (Lipinski definition) is 3. The molecule has 1 aromatic carbocycles. The van der Waals surface area contributed by atoms with Gasteiger partial charge in [-0.25, -0.2) is 0 Å². The van der Waals surface area contributed by atoms with Crippen LogP contribution in [0.3, 0.4) is 0 Å². The van der Waals surface area contributed by atoms with Crippen LogP contribution in [-0.2, 0) is 0 Å². The molecule has 1 saturated carbocycles. The van der Waals surface area contributed by atoms with Crippen LogP contribution < -0.4 is 9.47 Å². The first-order valence-corrected chi connectivity index (χ1v) is 6.92. The molecule has 0 bridgehead atoms. The molecule has 1 heterocycles. The van der Waals surface area contributed by atoms with Crippen molar-refractivity contribution < 1.29 is 14.6 Å². The van der Waals surface area contributed by atoms with E-state index in [0.29, 0.717) is 5.92 Å². The summed E-state index contributed by atoms with van der Waals surface area (Å²) in [5.74, 6) is 1.94. The second-order valence-corrected chi connectivity index (χ2v) is 5.31. The molecule has 2 aliphatic rings. The van der Waals surface area contributed by atoms with E-state index in [4.69, 9.17) is 9.47 Å². The quantitative estimate of drug-likeness (QED) is 0.815. The fourth-order valence-electron chi connectivity index (χ4n) is 3.00. The number of fused-ring (bicyclic) bond motifs is 1. The van der Waals surface area contributed by atoms with Gasteiger partial charge in [0.15, 0.2) is 11.5 Å². The zero-order valence-electron chi connectivity index (χ0n) is 10.6. The van der Waals surface area contributed by atoms with Gasteiger partial charge in [-0.2, -0.15) is 0 Å². The van der Waals surface area contributed by atoms with Gasteiger partial charge in [-0.15, -0.1) is 0 Å². The van der Waals surface area contributed by atoms with Gasteiger partial charge >= 0.3 is 0 Å². The molecule has 1 unspecified atom stereocenters. The summed E-state index contributed by atoms with van der Waals surface area (Å²) in [6, 6.07) is 5.79. The van der Waals surface area contributed by atoms with E-state index in [2.05, 4.69) is 0 Å². The molecule has 0 saturated heterocycles. The highest BCUT2D eigenvalue weighted by Gasteiger charge is 2.24. The Morgan fingerprint density at radius 3 is 2.50 bits per heavy atom. The third-order valence-corrected chi connectivity index (χ3v) is 4.08. The Labute approximate surface area is 108 Å². The molecule has 1 aliphatic heterocycles. The highest BCUT2D eigenvalue weighted by molar-refractivity contribution is 5.45. The van der Waals surface area contributed by atoms with Crippen molar-refractivity contribution in [1.29, 1.82) is 0 Å². The van der Waals surface area contributed by atoms with Crippen LogP contribution in [-0.4, -0.2) is 11.9 Å². The minimum atomic E-state index is -0.363. The first kappa shape index (κ1) is 11.8. The van der Waals surface area contributed by atoms with Crippen molar-refractivity contribution in [2.24, 2.45) is 5.92 Å². The Kier molecular flexibility index (Phi) is 3.41. The van der Waals surface area contributed by atoms with Crippen molar-refractivity contribution in [2.75, 3.05) is 6.79 Å². The molecule has 0 spiro atoms. The maximum Gasteiger partial charge on any atom is 0.231 e. The van der Waals surface area contributed by atoms with E-state index < -0.39 is 0 Å². The van der Waals surface area contributed by atoms with Crippen LogP contribution in [0.25, 0.3) is 0 Å². The molecule has 3 rings (SSSR count). The zero-order chi connectivity index (χ0) is 12.4. The molecule has 3 heteroatoms. The van der Waals surface area contributed by atoms with Gasteiger partial charge in [0.05, 0.1) is 6.10 Å². The van der Waals surface area contributed by atoms with Gasteiger partial charge in [-0.3, -0.25) is 0 Å². The molecule has 98 valence electrons. The SMILES string of the molecule is OC(c1ccc2c(c1)OCO2)C1CCCCCC1. The predicted molar refractivity (Wildman–Crippen MR) is 68.7 cm³/mol. The molecule has 1 atom stereocenters. The number of aliphatic hydroxyl groups excluding tert-OH is 1. The number of rotatable bonds is 2. The molecular weight excluding hydrogens is 228 g/mol. The summed E-state index contributed by atoms with van der Waals surface area (Å²) < 4.78 is 10.7. The Morgan fingerprint density at radius 2 is 1.72 bits per heavy atom. The summed E-state index contributed by atoms with van der Waals surface area (Å²) in [6.45, 7) is 0.290. The highest BCUT2D eigenvalue weighted by Crippen LogP contribution is 2.38. The molecule has 0 amide bonds. The zero-order valence-corrected chi connectivity index (χ0v) is 10.6. The Morgan fingerprint density at radius 1 is 1.00 bits per heavy atom. The van der Waals surface area contributed by atoms with E-state index in [9.17, 15) is 5.11 Å². The molecule has 0 aromatic heterocycles. The summed E-state index contributed by atoms with van der Waals surface area (Å²) in [7, 11) is 0. The second-order valence-electron chi connectivity index (χ2n) is 5.31. The number of aliphatic hydroxyl groups is 1. The van der Waals surface area contributed by atoms with Gasteiger partial charge in [-0.1, -0.05) is 31.7 Å². The summed E-state index contributed by atoms with van der Waals surface area (Å²) >= 11 is 0. The van der Waals surface area contributed by atoms with E-state index in [1.807, 2.05) is 18.2 Å². The normalized spacial score (nSPS) is 21.6. The summed E-state index contributed by atoms with van der Waals surface area (Å²) in [5, 5.41) is 10.5. The maximum absolute atomic E-state index is 10.5. The molecule has 1 N–H and O–H groups in total. The molecule has 0 radical (unpaired) electrons. The largest absolute Gasteiger partial charge is 0.454 e. The van der Waals surface area contributed by atoms with Gasteiger partial charge < -0.3 is 14.6 Å². The minimum Gasteiger partial charge on any atom is -0.454 e. The first-order chi connectivity index (χ1) is 8.84. The molecule has 1 fully saturated rings. The summed E-state index contributed by atoms with van der Waals surface area (Å²) in [5.41, 5.74) is 0.964. The standard InChI is InChI=1S/C15H20O3/c16-15(11-5-3-1-2-4-6-11)12-7-8-13-14(9-12)18-10-17-13/h7-9,11,15-16H,1-6,10H2. The van der Waals surface area contributed by atoms with Crippen LogP contribution >= 0.6 is 0 Å². The molecule has 1 aliphatic carbocycles. The molecule has 3 nitrogen and oxygen atoms in total. The van der Waals surface area contributed by atoms with E-state index in [1.54, 1.807) is 0 Å². The summed E-state index contributed by atoms with van der Waals surface area (Å²) in [6.07, 6.45) is 7.01. The lowest BCUT2D eigenvalue weighted by atomic mass is 9.89. The summed E-state index contributed by atoms with van der Waals surface area (Å²) in [4.78, 5) is 0. The van der Waals surface area contributed by atoms with Crippen LogP contribution in [0.1, 0.15) is 50.2 Å².